The van der Waals surface area contributed by atoms with Gasteiger partial charge in [0, 0.05) is 37.9 Å². The fourth-order valence-electron chi connectivity index (χ4n) is 3.13. The summed E-state index contributed by atoms with van der Waals surface area (Å²) in [7, 11) is -3.16. The van der Waals surface area contributed by atoms with Gasteiger partial charge in [-0.2, -0.15) is 0 Å². The van der Waals surface area contributed by atoms with E-state index in [1.807, 2.05) is 19.1 Å². The number of nitrogens with one attached hydrogen (secondary N) is 1. The molecule has 130 valence electrons. The van der Waals surface area contributed by atoms with Gasteiger partial charge in [0.05, 0.1) is 11.9 Å². The third-order valence-corrected chi connectivity index (χ3v) is 5.05. The zero-order valence-corrected chi connectivity index (χ0v) is 14.7. The second-order valence-corrected chi connectivity index (χ2v) is 8.19. The van der Waals surface area contributed by atoms with Crippen LogP contribution in [-0.2, 0) is 16.6 Å². The number of fused-ring (bicyclic) bond motifs is 1. The molecule has 1 N–H and O–H groups in total. The van der Waals surface area contributed by atoms with E-state index < -0.39 is 10.0 Å². The monoisotopic (exact) mass is 350 g/mol. The van der Waals surface area contributed by atoms with Gasteiger partial charge in [-0.25, -0.2) is 18.1 Å². The molecule has 3 heterocycles. The molecule has 7 nitrogen and oxygen atoms in total. The van der Waals surface area contributed by atoms with Crippen molar-refractivity contribution in [3.63, 3.8) is 0 Å². The molecule has 1 aliphatic rings. The lowest BCUT2D eigenvalue weighted by molar-refractivity contribution is 0.198. The molecule has 8 heteroatoms. The molecule has 1 aliphatic heterocycles. The van der Waals surface area contributed by atoms with E-state index in [0.717, 1.165) is 37.2 Å². The van der Waals surface area contributed by atoms with E-state index >= 15 is 0 Å². The van der Waals surface area contributed by atoms with Crippen molar-refractivity contribution in [3.8, 4) is 0 Å². The quantitative estimate of drug-likeness (QED) is 0.869. The first kappa shape index (κ1) is 17.1. The highest BCUT2D eigenvalue weighted by atomic mass is 32.2. The molecule has 0 unspecified atom stereocenters. The molecule has 0 aromatic carbocycles. The summed E-state index contributed by atoms with van der Waals surface area (Å²) in [4.78, 5) is 19.1. The molecule has 0 aliphatic carbocycles. The van der Waals surface area contributed by atoms with E-state index in [1.54, 1.807) is 16.7 Å². The molecule has 0 radical (unpaired) electrons. The van der Waals surface area contributed by atoms with Gasteiger partial charge >= 0.3 is 0 Å². The van der Waals surface area contributed by atoms with Crippen LogP contribution in [0.25, 0.3) is 5.65 Å². The average Bonchev–Trinajstić information content (AvgIpc) is 2.49. The number of piperidine rings is 1. The van der Waals surface area contributed by atoms with Crippen LogP contribution in [0, 0.1) is 6.92 Å². The number of likely N-dealkylation sites (tertiary alicyclic amines) is 1. The molecule has 2 aromatic rings. The first-order valence-corrected chi connectivity index (χ1v) is 9.88. The summed E-state index contributed by atoms with van der Waals surface area (Å²) in [6.45, 7) is 4.10. The van der Waals surface area contributed by atoms with E-state index in [4.69, 9.17) is 0 Å². The van der Waals surface area contributed by atoms with Gasteiger partial charge in [0.15, 0.2) is 0 Å². The molecule has 0 amide bonds. The molecule has 0 bridgehead atoms. The predicted molar refractivity (Wildman–Crippen MR) is 92.5 cm³/mol. The Morgan fingerprint density at radius 2 is 2.04 bits per heavy atom. The number of pyridine rings is 1. The fraction of sp³-hybridized carbons (Fsp3) is 0.500. The third-order valence-electron chi connectivity index (χ3n) is 4.29. The van der Waals surface area contributed by atoms with Crippen LogP contribution in [0.15, 0.2) is 29.2 Å². The number of sulfonamides is 1. The topological polar surface area (TPSA) is 83.8 Å². The Labute approximate surface area is 141 Å². The van der Waals surface area contributed by atoms with Crippen molar-refractivity contribution in [3.05, 3.63) is 46.0 Å². The first-order valence-electron chi connectivity index (χ1n) is 7.99. The molecular formula is C16H22N4O3S. The van der Waals surface area contributed by atoms with Gasteiger partial charge in [-0.3, -0.25) is 14.1 Å². The maximum Gasteiger partial charge on any atom is 0.258 e. The first-order chi connectivity index (χ1) is 11.3. The Morgan fingerprint density at radius 1 is 1.33 bits per heavy atom. The van der Waals surface area contributed by atoms with E-state index in [2.05, 4.69) is 14.6 Å². The standard InChI is InChI=1S/C16H22N4O3S/c1-12-4-3-7-20-15(21)10-14(17-16(12)20)11-19-8-5-13(6-9-19)18-24(2,22)23/h3-4,7,10,13,18H,5-6,8-9,11H2,1-2H3. The van der Waals surface area contributed by atoms with Crippen molar-refractivity contribution >= 4 is 15.7 Å². The smallest absolute Gasteiger partial charge is 0.258 e. The Kier molecular flexibility index (Phi) is 4.71. The summed E-state index contributed by atoms with van der Waals surface area (Å²) < 4.78 is 26.8. The number of aryl methyl sites for hydroxylation is 1. The minimum atomic E-state index is -3.16. The highest BCUT2D eigenvalue weighted by molar-refractivity contribution is 7.88. The Bertz CT molecular complexity index is 899. The zero-order chi connectivity index (χ0) is 17.3. The van der Waals surface area contributed by atoms with Crippen LogP contribution in [0.4, 0.5) is 0 Å². The lowest BCUT2D eigenvalue weighted by atomic mass is 10.1. The number of hydrogen-bond donors (Lipinski definition) is 1. The SMILES string of the molecule is Cc1cccn2c(=O)cc(CN3CCC(NS(C)(=O)=O)CC3)nc12. The number of rotatable bonds is 4. The van der Waals surface area contributed by atoms with Crippen LogP contribution in [0.2, 0.25) is 0 Å². The van der Waals surface area contributed by atoms with Crippen molar-refractivity contribution in [2.75, 3.05) is 19.3 Å². The van der Waals surface area contributed by atoms with Gasteiger partial charge in [-0.05, 0) is 31.4 Å². The van der Waals surface area contributed by atoms with Crippen molar-refractivity contribution < 1.29 is 8.42 Å². The van der Waals surface area contributed by atoms with E-state index in [0.29, 0.717) is 12.2 Å². The third kappa shape index (κ3) is 4.00. The van der Waals surface area contributed by atoms with E-state index in [9.17, 15) is 13.2 Å². The lowest BCUT2D eigenvalue weighted by Crippen LogP contribution is -2.44. The largest absolute Gasteiger partial charge is 0.297 e. The zero-order valence-electron chi connectivity index (χ0n) is 13.9. The predicted octanol–water partition coefficient (Wildman–Crippen LogP) is 0.517. The summed E-state index contributed by atoms with van der Waals surface area (Å²) in [5.74, 6) is 0. The lowest BCUT2D eigenvalue weighted by Gasteiger charge is -2.31. The van der Waals surface area contributed by atoms with Crippen molar-refractivity contribution in [1.29, 1.82) is 0 Å². The molecular weight excluding hydrogens is 328 g/mol. The van der Waals surface area contributed by atoms with Crippen LogP contribution < -0.4 is 10.3 Å². The average molecular weight is 350 g/mol. The van der Waals surface area contributed by atoms with Gasteiger partial charge in [0.1, 0.15) is 5.65 Å². The molecule has 1 saturated heterocycles. The molecule has 1 fully saturated rings. The van der Waals surface area contributed by atoms with Crippen LogP contribution in [-0.4, -0.2) is 48.1 Å². The second kappa shape index (κ2) is 6.62. The summed E-state index contributed by atoms with van der Waals surface area (Å²) in [6.07, 6.45) is 4.44. The Balaban J connectivity index is 1.71. The van der Waals surface area contributed by atoms with Crippen LogP contribution in [0.5, 0.6) is 0 Å². The summed E-state index contributed by atoms with van der Waals surface area (Å²) in [5.41, 5.74) is 2.33. The van der Waals surface area contributed by atoms with E-state index in [1.165, 1.54) is 6.26 Å². The number of aromatic nitrogens is 2. The highest BCUT2D eigenvalue weighted by Gasteiger charge is 2.22. The maximum absolute atomic E-state index is 12.2. The van der Waals surface area contributed by atoms with Crippen LogP contribution >= 0.6 is 0 Å². The normalized spacial score (nSPS) is 17.4. The Hall–Kier alpha value is -1.77. The van der Waals surface area contributed by atoms with Crippen molar-refractivity contribution in [2.24, 2.45) is 0 Å². The maximum atomic E-state index is 12.2. The number of hydrogen-bond acceptors (Lipinski definition) is 5. The molecule has 3 rings (SSSR count). The summed E-state index contributed by atoms with van der Waals surface area (Å²) in [6, 6.07) is 5.35. The van der Waals surface area contributed by atoms with Gasteiger partial charge in [-0.15, -0.1) is 0 Å². The molecule has 0 spiro atoms. The second-order valence-electron chi connectivity index (χ2n) is 6.41. The van der Waals surface area contributed by atoms with Crippen LogP contribution in [0.3, 0.4) is 0 Å². The van der Waals surface area contributed by atoms with Gasteiger partial charge in [0.25, 0.3) is 5.56 Å². The van der Waals surface area contributed by atoms with Crippen molar-refractivity contribution in [1.82, 2.24) is 19.0 Å². The van der Waals surface area contributed by atoms with Crippen LogP contribution in [0.1, 0.15) is 24.1 Å². The molecule has 2 aromatic heterocycles. The van der Waals surface area contributed by atoms with E-state index in [-0.39, 0.29) is 11.6 Å². The Morgan fingerprint density at radius 3 is 2.71 bits per heavy atom. The minimum Gasteiger partial charge on any atom is -0.297 e. The van der Waals surface area contributed by atoms with Gasteiger partial charge < -0.3 is 0 Å². The van der Waals surface area contributed by atoms with Gasteiger partial charge in [-0.1, -0.05) is 6.07 Å². The molecule has 24 heavy (non-hydrogen) atoms. The number of nitrogens with zero attached hydrogens (tertiary/aromatic N) is 3. The van der Waals surface area contributed by atoms with Gasteiger partial charge in [0.2, 0.25) is 10.0 Å². The molecule has 0 atom stereocenters. The van der Waals surface area contributed by atoms with Crippen molar-refractivity contribution in [2.45, 2.75) is 32.4 Å². The highest BCUT2D eigenvalue weighted by Crippen LogP contribution is 2.14. The minimum absolute atomic E-state index is 0.00585. The molecule has 0 saturated carbocycles. The summed E-state index contributed by atoms with van der Waals surface area (Å²) >= 11 is 0. The summed E-state index contributed by atoms with van der Waals surface area (Å²) in [5, 5.41) is 0. The fourth-order valence-corrected chi connectivity index (χ4v) is 3.97.